The van der Waals surface area contributed by atoms with Crippen molar-refractivity contribution in [2.24, 2.45) is 0 Å². The summed E-state index contributed by atoms with van der Waals surface area (Å²) in [5, 5.41) is 2.38. The summed E-state index contributed by atoms with van der Waals surface area (Å²) in [4.78, 5) is 12.2. The highest BCUT2D eigenvalue weighted by Gasteiger charge is 2.31. The quantitative estimate of drug-likeness (QED) is 0.686. The molecule has 0 radical (unpaired) electrons. The molecule has 0 saturated heterocycles. The number of rotatable bonds is 4. The van der Waals surface area contributed by atoms with Crippen LogP contribution in [0.1, 0.15) is 37.5 Å². The third-order valence-electron chi connectivity index (χ3n) is 3.87. The Balaban J connectivity index is 2.12. The highest BCUT2D eigenvalue weighted by Crippen LogP contribution is 2.34. The fourth-order valence-corrected chi connectivity index (χ4v) is 2.65. The molecule has 0 aliphatic rings. The summed E-state index contributed by atoms with van der Waals surface area (Å²) in [6.07, 6.45) is -4.52. The number of carbonyl (C=O) groups excluding carboxylic acids is 1. The van der Waals surface area contributed by atoms with Crippen molar-refractivity contribution in [3.8, 4) is 5.75 Å². The fraction of sp³-hybridized carbons (Fsp3) is 0.350. The molecule has 0 aromatic heterocycles. The summed E-state index contributed by atoms with van der Waals surface area (Å²) >= 11 is 5.89. The summed E-state index contributed by atoms with van der Waals surface area (Å²) in [5.41, 5.74) is 0.805. The lowest BCUT2D eigenvalue weighted by molar-refractivity contribution is -0.137. The molecule has 0 fully saturated rings. The molecular weight excluding hydrogens is 379 g/mol. The third kappa shape index (κ3) is 5.63. The second-order valence-corrected chi connectivity index (χ2v) is 7.69. The Morgan fingerprint density at radius 3 is 2.37 bits per heavy atom. The predicted octanol–water partition coefficient (Wildman–Crippen LogP) is 5.98. The summed E-state index contributed by atoms with van der Waals surface area (Å²) in [7, 11) is 0. The molecule has 0 saturated carbocycles. The van der Waals surface area contributed by atoms with Gasteiger partial charge in [-0.3, -0.25) is 4.79 Å². The van der Waals surface area contributed by atoms with Gasteiger partial charge in [0.25, 0.3) is 5.91 Å². The standard InChI is InChI=1S/C20H21ClF3NO2/c1-12-5-8-17(14(9-12)19(2,3)4)27-11-18(26)25-16-10-13(20(22,23)24)6-7-15(16)21/h5-10H,11H2,1-4H3,(H,25,26). The van der Waals surface area contributed by atoms with Crippen molar-refractivity contribution in [1.82, 2.24) is 0 Å². The van der Waals surface area contributed by atoms with Gasteiger partial charge in [0, 0.05) is 0 Å². The van der Waals surface area contributed by atoms with Gasteiger partial charge in [-0.05, 0) is 42.2 Å². The third-order valence-corrected chi connectivity index (χ3v) is 4.20. The second-order valence-electron chi connectivity index (χ2n) is 7.28. The van der Waals surface area contributed by atoms with E-state index in [0.717, 1.165) is 29.3 Å². The maximum atomic E-state index is 12.8. The number of benzene rings is 2. The minimum absolute atomic E-state index is 0.0158. The van der Waals surface area contributed by atoms with Crippen molar-refractivity contribution in [2.45, 2.75) is 39.3 Å². The van der Waals surface area contributed by atoms with Crippen molar-refractivity contribution < 1.29 is 22.7 Å². The molecule has 2 aromatic rings. The molecule has 27 heavy (non-hydrogen) atoms. The smallest absolute Gasteiger partial charge is 0.416 e. The first kappa shape index (κ1) is 21.1. The molecule has 0 unspecified atom stereocenters. The van der Waals surface area contributed by atoms with Crippen LogP contribution >= 0.6 is 11.6 Å². The lowest BCUT2D eigenvalue weighted by Gasteiger charge is -2.23. The zero-order valence-electron chi connectivity index (χ0n) is 15.5. The molecule has 0 heterocycles. The maximum Gasteiger partial charge on any atom is 0.416 e. The van der Waals surface area contributed by atoms with E-state index in [1.165, 1.54) is 0 Å². The van der Waals surface area contributed by atoms with Crippen LogP contribution in [0.15, 0.2) is 36.4 Å². The Morgan fingerprint density at radius 2 is 1.78 bits per heavy atom. The minimum atomic E-state index is -4.52. The monoisotopic (exact) mass is 399 g/mol. The number of ether oxygens (including phenoxy) is 1. The Bertz CT molecular complexity index is 842. The molecule has 0 bridgehead atoms. The normalized spacial score (nSPS) is 12.0. The van der Waals surface area contributed by atoms with Gasteiger partial charge in [0.05, 0.1) is 16.3 Å². The number of aryl methyl sites for hydroxylation is 1. The van der Waals surface area contributed by atoms with E-state index in [9.17, 15) is 18.0 Å². The van der Waals surface area contributed by atoms with Gasteiger partial charge in [-0.25, -0.2) is 0 Å². The van der Waals surface area contributed by atoms with Gasteiger partial charge in [0.2, 0.25) is 0 Å². The number of carbonyl (C=O) groups is 1. The van der Waals surface area contributed by atoms with E-state index in [1.54, 1.807) is 6.07 Å². The largest absolute Gasteiger partial charge is 0.483 e. The first-order chi connectivity index (χ1) is 12.4. The first-order valence-corrected chi connectivity index (χ1v) is 8.66. The number of nitrogens with one attached hydrogen (secondary N) is 1. The summed E-state index contributed by atoms with van der Waals surface area (Å²) in [5.74, 6) is -0.0463. The summed E-state index contributed by atoms with van der Waals surface area (Å²) in [6, 6.07) is 8.38. The zero-order valence-corrected chi connectivity index (χ0v) is 16.3. The van der Waals surface area contributed by atoms with Crippen LogP contribution in [0.5, 0.6) is 5.75 Å². The number of halogens is 4. The van der Waals surface area contributed by atoms with Crippen molar-refractivity contribution in [3.05, 3.63) is 58.1 Å². The Labute approximate surface area is 161 Å². The van der Waals surface area contributed by atoms with Crippen molar-refractivity contribution in [2.75, 3.05) is 11.9 Å². The van der Waals surface area contributed by atoms with Crippen LogP contribution in [0, 0.1) is 6.92 Å². The lowest BCUT2D eigenvalue weighted by Crippen LogP contribution is -2.22. The van der Waals surface area contributed by atoms with E-state index >= 15 is 0 Å². The molecule has 7 heteroatoms. The van der Waals surface area contributed by atoms with Crippen LogP contribution in [-0.4, -0.2) is 12.5 Å². The van der Waals surface area contributed by atoms with E-state index in [1.807, 2.05) is 39.8 Å². The second kappa shape index (κ2) is 7.80. The molecule has 1 N–H and O–H groups in total. The number of amides is 1. The zero-order chi connectivity index (χ0) is 20.4. The van der Waals surface area contributed by atoms with E-state index in [4.69, 9.17) is 16.3 Å². The van der Waals surface area contributed by atoms with Gasteiger partial charge in [0.15, 0.2) is 6.61 Å². The van der Waals surface area contributed by atoms with E-state index < -0.39 is 17.6 Å². The van der Waals surface area contributed by atoms with Crippen LogP contribution < -0.4 is 10.1 Å². The average Bonchev–Trinajstić information content (AvgIpc) is 2.53. The lowest BCUT2D eigenvalue weighted by atomic mass is 9.85. The van der Waals surface area contributed by atoms with E-state index in [-0.39, 0.29) is 22.7 Å². The summed E-state index contributed by atoms with van der Waals surface area (Å²) < 4.78 is 44.1. The van der Waals surface area contributed by atoms with Crippen molar-refractivity contribution in [3.63, 3.8) is 0 Å². The topological polar surface area (TPSA) is 38.3 Å². The number of alkyl halides is 3. The average molecular weight is 400 g/mol. The molecule has 1 amide bonds. The van der Waals surface area contributed by atoms with Gasteiger partial charge in [-0.2, -0.15) is 13.2 Å². The molecule has 146 valence electrons. The van der Waals surface area contributed by atoms with Gasteiger partial charge >= 0.3 is 6.18 Å². The molecule has 2 aromatic carbocycles. The first-order valence-electron chi connectivity index (χ1n) is 8.28. The van der Waals surface area contributed by atoms with Gasteiger partial charge in [-0.1, -0.05) is 50.1 Å². The van der Waals surface area contributed by atoms with Crippen LogP contribution in [0.25, 0.3) is 0 Å². The molecule has 0 spiro atoms. The van der Waals surface area contributed by atoms with Gasteiger partial charge in [0.1, 0.15) is 5.75 Å². The number of hydrogen-bond donors (Lipinski definition) is 1. The summed E-state index contributed by atoms with van der Waals surface area (Å²) in [6.45, 7) is 7.69. The van der Waals surface area contributed by atoms with Crippen LogP contribution in [0.2, 0.25) is 5.02 Å². The molecule has 2 rings (SSSR count). The van der Waals surface area contributed by atoms with Crippen LogP contribution in [0.4, 0.5) is 18.9 Å². The minimum Gasteiger partial charge on any atom is -0.483 e. The molecule has 0 atom stereocenters. The SMILES string of the molecule is Cc1ccc(OCC(=O)Nc2cc(C(F)(F)F)ccc2Cl)c(C(C)(C)C)c1. The fourth-order valence-electron chi connectivity index (χ4n) is 2.48. The number of hydrogen-bond acceptors (Lipinski definition) is 2. The van der Waals surface area contributed by atoms with Crippen molar-refractivity contribution in [1.29, 1.82) is 0 Å². The van der Waals surface area contributed by atoms with Crippen LogP contribution in [0.3, 0.4) is 0 Å². The highest BCUT2D eigenvalue weighted by atomic mass is 35.5. The highest BCUT2D eigenvalue weighted by molar-refractivity contribution is 6.33. The Kier molecular flexibility index (Phi) is 6.10. The maximum absolute atomic E-state index is 12.8. The number of anilines is 1. The molecule has 0 aliphatic carbocycles. The Morgan fingerprint density at radius 1 is 1.11 bits per heavy atom. The van der Waals surface area contributed by atoms with E-state index in [2.05, 4.69) is 5.32 Å². The van der Waals surface area contributed by atoms with Crippen LogP contribution in [-0.2, 0) is 16.4 Å². The van der Waals surface area contributed by atoms with Gasteiger partial charge < -0.3 is 10.1 Å². The molecule has 3 nitrogen and oxygen atoms in total. The predicted molar refractivity (Wildman–Crippen MR) is 100 cm³/mol. The van der Waals surface area contributed by atoms with Gasteiger partial charge in [-0.15, -0.1) is 0 Å². The van der Waals surface area contributed by atoms with E-state index in [0.29, 0.717) is 5.75 Å². The molecular formula is C20H21ClF3NO2. The molecule has 0 aliphatic heterocycles. The Hall–Kier alpha value is -2.21. The van der Waals surface area contributed by atoms with Crippen molar-refractivity contribution >= 4 is 23.2 Å².